The molecule has 5 nitrogen and oxygen atoms in total. The van der Waals surface area contributed by atoms with Gasteiger partial charge >= 0.3 is 0 Å². The van der Waals surface area contributed by atoms with Crippen LogP contribution in [0.15, 0.2) is 18.2 Å². The Kier molecular flexibility index (Phi) is 5.11. The van der Waals surface area contributed by atoms with Crippen LogP contribution in [0.25, 0.3) is 0 Å². The molecule has 0 bridgehead atoms. The largest absolute Gasteiger partial charge is 0.454 e. The van der Waals surface area contributed by atoms with Crippen molar-refractivity contribution in [2.75, 3.05) is 19.9 Å². The van der Waals surface area contributed by atoms with Crippen LogP contribution >= 0.6 is 0 Å². The summed E-state index contributed by atoms with van der Waals surface area (Å²) in [5, 5.41) is 0. The summed E-state index contributed by atoms with van der Waals surface area (Å²) in [6.07, 6.45) is 7.89. The molecule has 1 aromatic rings. The molecule has 0 radical (unpaired) electrons. The van der Waals surface area contributed by atoms with Crippen molar-refractivity contribution in [1.82, 2.24) is 4.90 Å². The zero-order valence-corrected chi connectivity index (χ0v) is 14.7. The number of carbonyl (C=O) groups excluding carboxylic acids is 1. The molecule has 1 atom stereocenters. The Morgan fingerprint density at radius 3 is 2.76 bits per heavy atom. The quantitative estimate of drug-likeness (QED) is 0.819. The van der Waals surface area contributed by atoms with Gasteiger partial charge in [0.05, 0.1) is 0 Å². The minimum absolute atomic E-state index is 0.139. The summed E-state index contributed by atoms with van der Waals surface area (Å²) in [7, 11) is 0. The van der Waals surface area contributed by atoms with E-state index in [-0.39, 0.29) is 18.8 Å². The minimum atomic E-state index is -0.266. The fourth-order valence-corrected chi connectivity index (χ4v) is 4.21. The highest BCUT2D eigenvalue weighted by atomic mass is 16.7. The van der Waals surface area contributed by atoms with Crippen LogP contribution in [0.2, 0.25) is 0 Å². The Morgan fingerprint density at radius 2 is 1.96 bits per heavy atom. The Balaban J connectivity index is 1.52. The number of benzene rings is 1. The molecule has 0 N–H and O–H groups in total. The third-order valence-electron chi connectivity index (χ3n) is 5.56. The second-order valence-electron chi connectivity index (χ2n) is 7.38. The Labute approximate surface area is 149 Å². The smallest absolute Gasteiger partial charge is 0.252 e. The molecule has 0 unspecified atom stereocenters. The van der Waals surface area contributed by atoms with Crippen LogP contribution in [-0.4, -0.2) is 36.9 Å². The molecule has 1 saturated carbocycles. The Morgan fingerprint density at radius 1 is 1.08 bits per heavy atom. The average molecular weight is 345 g/mol. The van der Waals surface area contributed by atoms with Crippen LogP contribution in [-0.2, 0) is 16.1 Å². The zero-order chi connectivity index (χ0) is 17.1. The average Bonchev–Trinajstić information content (AvgIpc) is 3.33. The van der Waals surface area contributed by atoms with Crippen LogP contribution in [0, 0.1) is 5.92 Å². The van der Waals surface area contributed by atoms with Gasteiger partial charge in [0.25, 0.3) is 5.91 Å². The van der Waals surface area contributed by atoms with Crippen LogP contribution in [0.1, 0.15) is 50.5 Å². The first-order valence-corrected chi connectivity index (χ1v) is 9.59. The first kappa shape index (κ1) is 16.7. The normalized spacial score (nSPS) is 23.0. The molecule has 5 heteroatoms. The molecule has 1 amide bonds. The number of para-hydroxylation sites is 1. The van der Waals surface area contributed by atoms with Gasteiger partial charge in [-0.2, -0.15) is 0 Å². The number of hydrogen-bond donors (Lipinski definition) is 0. The van der Waals surface area contributed by atoms with Crippen LogP contribution in [0.4, 0.5) is 0 Å². The van der Waals surface area contributed by atoms with Gasteiger partial charge < -0.3 is 19.1 Å². The van der Waals surface area contributed by atoms with E-state index in [0.717, 1.165) is 36.4 Å². The zero-order valence-electron chi connectivity index (χ0n) is 14.7. The molecule has 136 valence electrons. The molecule has 3 aliphatic rings. The van der Waals surface area contributed by atoms with E-state index in [9.17, 15) is 4.79 Å². The molecule has 4 rings (SSSR count). The Hall–Kier alpha value is -1.75. The minimum Gasteiger partial charge on any atom is -0.454 e. The van der Waals surface area contributed by atoms with Gasteiger partial charge in [-0.25, -0.2) is 0 Å². The molecule has 1 aliphatic carbocycles. The van der Waals surface area contributed by atoms with Crippen molar-refractivity contribution in [3.8, 4) is 11.5 Å². The summed E-state index contributed by atoms with van der Waals surface area (Å²) >= 11 is 0. The van der Waals surface area contributed by atoms with Gasteiger partial charge in [-0.1, -0.05) is 31.4 Å². The molecular weight excluding hydrogens is 318 g/mol. The van der Waals surface area contributed by atoms with E-state index in [0.29, 0.717) is 19.1 Å². The molecule has 0 spiro atoms. The SMILES string of the molecule is O=C([C@@H]1CCCO1)N(Cc1cccc2c1OCO2)CC1CCCCC1. The third-order valence-corrected chi connectivity index (χ3v) is 5.56. The Bertz CT molecular complexity index is 606. The predicted octanol–water partition coefficient (Wildman–Crippen LogP) is 3.50. The maximum atomic E-state index is 13.1. The highest BCUT2D eigenvalue weighted by molar-refractivity contribution is 5.81. The maximum Gasteiger partial charge on any atom is 0.252 e. The topological polar surface area (TPSA) is 48.0 Å². The lowest BCUT2D eigenvalue weighted by Gasteiger charge is -2.31. The summed E-state index contributed by atoms with van der Waals surface area (Å²) in [6.45, 7) is 2.35. The van der Waals surface area contributed by atoms with Gasteiger partial charge in [0.2, 0.25) is 6.79 Å². The van der Waals surface area contributed by atoms with Gasteiger partial charge in [0.1, 0.15) is 6.10 Å². The van der Waals surface area contributed by atoms with Crippen molar-refractivity contribution in [3.63, 3.8) is 0 Å². The number of rotatable bonds is 5. The number of amides is 1. The molecule has 1 aromatic carbocycles. The number of ether oxygens (including phenoxy) is 3. The van der Waals surface area contributed by atoms with E-state index in [1.165, 1.54) is 32.1 Å². The van der Waals surface area contributed by atoms with E-state index in [2.05, 4.69) is 0 Å². The first-order chi connectivity index (χ1) is 12.3. The lowest BCUT2D eigenvalue weighted by Crippen LogP contribution is -2.41. The van der Waals surface area contributed by atoms with E-state index < -0.39 is 0 Å². The van der Waals surface area contributed by atoms with E-state index in [1.807, 2.05) is 23.1 Å². The molecule has 2 heterocycles. The molecule has 2 fully saturated rings. The van der Waals surface area contributed by atoms with Crippen molar-refractivity contribution in [1.29, 1.82) is 0 Å². The molecule has 1 saturated heterocycles. The van der Waals surface area contributed by atoms with Gasteiger partial charge in [-0.05, 0) is 37.7 Å². The van der Waals surface area contributed by atoms with Gasteiger partial charge in [-0.15, -0.1) is 0 Å². The van der Waals surface area contributed by atoms with Gasteiger partial charge in [-0.3, -0.25) is 4.79 Å². The van der Waals surface area contributed by atoms with E-state index in [1.54, 1.807) is 0 Å². The fraction of sp³-hybridized carbons (Fsp3) is 0.650. The fourth-order valence-electron chi connectivity index (χ4n) is 4.21. The highest BCUT2D eigenvalue weighted by Gasteiger charge is 2.31. The summed E-state index contributed by atoms with van der Waals surface area (Å²) < 4.78 is 16.8. The van der Waals surface area contributed by atoms with Crippen molar-refractivity contribution >= 4 is 5.91 Å². The number of fused-ring (bicyclic) bond motifs is 1. The van der Waals surface area contributed by atoms with Crippen molar-refractivity contribution in [2.24, 2.45) is 5.92 Å². The van der Waals surface area contributed by atoms with Crippen LogP contribution in [0.5, 0.6) is 11.5 Å². The second kappa shape index (κ2) is 7.65. The third kappa shape index (κ3) is 3.76. The summed E-state index contributed by atoms with van der Waals surface area (Å²) in [5.41, 5.74) is 1.03. The maximum absolute atomic E-state index is 13.1. The van der Waals surface area contributed by atoms with E-state index >= 15 is 0 Å². The monoisotopic (exact) mass is 345 g/mol. The summed E-state index contributed by atoms with van der Waals surface area (Å²) in [6, 6.07) is 5.92. The lowest BCUT2D eigenvalue weighted by atomic mass is 9.88. The standard InChI is InChI=1S/C20H27NO4/c22-20(18-10-5-11-23-18)21(12-15-6-2-1-3-7-15)13-16-8-4-9-17-19(16)25-14-24-17/h4,8-9,15,18H,1-3,5-7,10-14H2/t18-/m0/s1. The van der Waals surface area contributed by atoms with Crippen molar-refractivity contribution in [3.05, 3.63) is 23.8 Å². The second-order valence-corrected chi connectivity index (χ2v) is 7.38. The first-order valence-electron chi connectivity index (χ1n) is 9.59. The number of carbonyl (C=O) groups is 1. The van der Waals surface area contributed by atoms with Gasteiger partial charge in [0, 0.05) is 25.3 Å². The number of hydrogen-bond acceptors (Lipinski definition) is 4. The summed E-state index contributed by atoms with van der Waals surface area (Å²) in [5.74, 6) is 2.31. The van der Waals surface area contributed by atoms with Crippen molar-refractivity contribution < 1.29 is 19.0 Å². The van der Waals surface area contributed by atoms with Crippen LogP contribution < -0.4 is 9.47 Å². The van der Waals surface area contributed by atoms with Crippen molar-refractivity contribution in [2.45, 2.75) is 57.6 Å². The molecule has 0 aromatic heterocycles. The lowest BCUT2D eigenvalue weighted by molar-refractivity contribution is -0.142. The summed E-state index contributed by atoms with van der Waals surface area (Å²) in [4.78, 5) is 15.1. The van der Waals surface area contributed by atoms with Gasteiger partial charge in [0.15, 0.2) is 11.5 Å². The molecule has 25 heavy (non-hydrogen) atoms. The molecule has 2 aliphatic heterocycles. The highest BCUT2D eigenvalue weighted by Crippen LogP contribution is 2.36. The van der Waals surface area contributed by atoms with E-state index in [4.69, 9.17) is 14.2 Å². The predicted molar refractivity (Wildman–Crippen MR) is 93.5 cm³/mol. The van der Waals surface area contributed by atoms with Crippen LogP contribution in [0.3, 0.4) is 0 Å². The number of nitrogens with zero attached hydrogens (tertiary/aromatic N) is 1. The molecular formula is C20H27NO4.